The number of hydrogen-bond acceptors (Lipinski definition) is 7. The Morgan fingerprint density at radius 3 is 2.33 bits per heavy atom. The fourth-order valence-corrected chi connectivity index (χ4v) is 4.75. The van der Waals surface area contributed by atoms with Crippen LogP contribution in [0.4, 0.5) is 10.5 Å². The Kier molecular flexibility index (Phi) is 8.37. The van der Waals surface area contributed by atoms with E-state index in [1.807, 2.05) is 24.3 Å². The van der Waals surface area contributed by atoms with Crippen molar-refractivity contribution in [3.05, 3.63) is 59.7 Å². The van der Waals surface area contributed by atoms with Gasteiger partial charge in [0.1, 0.15) is 5.69 Å². The zero-order valence-corrected chi connectivity index (χ0v) is 19.8. The molecule has 0 aliphatic carbocycles. The monoisotopic (exact) mass is 471 g/mol. The highest BCUT2D eigenvalue weighted by molar-refractivity contribution is 7.99. The summed E-state index contributed by atoms with van der Waals surface area (Å²) in [5.74, 6) is 0.162. The van der Waals surface area contributed by atoms with Crippen molar-refractivity contribution >= 4 is 35.5 Å². The smallest absolute Gasteiger partial charge is 0.409 e. The minimum atomic E-state index is -0.392. The number of carbonyl (C=O) groups excluding carboxylic acids is 2. The van der Waals surface area contributed by atoms with E-state index in [1.54, 1.807) is 28.0 Å². The minimum Gasteiger partial charge on any atom is -0.453 e. The summed E-state index contributed by atoms with van der Waals surface area (Å²) in [5, 5.41) is 19.7. The van der Waals surface area contributed by atoms with E-state index in [0.29, 0.717) is 42.6 Å². The Labute approximate surface area is 198 Å². The Hall–Kier alpha value is -3.01. The summed E-state index contributed by atoms with van der Waals surface area (Å²) in [6, 6.07) is 13.3. The third-order valence-corrected chi connectivity index (χ3v) is 6.56. The van der Waals surface area contributed by atoms with E-state index in [4.69, 9.17) is 4.74 Å². The molecule has 0 bridgehead atoms. The third kappa shape index (κ3) is 6.28. The van der Waals surface area contributed by atoms with Gasteiger partial charge in [0.15, 0.2) is 0 Å². The number of rotatable bonds is 6. The molecule has 1 aliphatic rings. The van der Waals surface area contributed by atoms with Gasteiger partial charge >= 0.3 is 6.09 Å². The molecule has 0 saturated carbocycles. The van der Waals surface area contributed by atoms with Crippen LogP contribution in [-0.4, -0.2) is 65.5 Å². The second kappa shape index (κ2) is 11.2. The van der Waals surface area contributed by atoms with Crippen molar-refractivity contribution in [2.24, 2.45) is 0 Å². The van der Waals surface area contributed by atoms with Gasteiger partial charge < -0.3 is 14.5 Å². The summed E-state index contributed by atoms with van der Waals surface area (Å²) in [4.78, 5) is 29.1. The molecule has 176 valence electrons. The van der Waals surface area contributed by atoms with Gasteiger partial charge in [0, 0.05) is 42.0 Å². The molecule has 33 heavy (non-hydrogen) atoms. The summed E-state index contributed by atoms with van der Waals surface area (Å²) in [6.45, 7) is 5.93. The maximum Gasteiger partial charge on any atom is 0.409 e. The number of ether oxygens (including phenoxy) is 1. The number of piperazine rings is 1. The van der Waals surface area contributed by atoms with Gasteiger partial charge in [0.2, 0.25) is 5.91 Å². The summed E-state index contributed by atoms with van der Waals surface area (Å²) < 4.78 is 4.71. The highest BCUT2D eigenvalue weighted by Crippen LogP contribution is 2.39. The lowest BCUT2D eigenvalue weighted by atomic mass is 10.0. The van der Waals surface area contributed by atoms with Gasteiger partial charge in [-0.25, -0.2) is 4.79 Å². The predicted octanol–water partition coefficient (Wildman–Crippen LogP) is 4.47. The van der Waals surface area contributed by atoms with Crippen molar-refractivity contribution in [1.82, 2.24) is 9.80 Å². The zero-order chi connectivity index (χ0) is 24.0. The number of benzene rings is 2. The van der Waals surface area contributed by atoms with Gasteiger partial charge in [-0.1, -0.05) is 49.9 Å². The van der Waals surface area contributed by atoms with E-state index >= 15 is 0 Å². The summed E-state index contributed by atoms with van der Waals surface area (Å²) in [7, 11) is 1.34. The third-order valence-electron chi connectivity index (χ3n) is 5.40. The summed E-state index contributed by atoms with van der Waals surface area (Å²) >= 11 is 1.45. The first-order chi connectivity index (χ1) is 15.8. The summed E-state index contributed by atoms with van der Waals surface area (Å²) in [5.41, 5.74) is 2.05. The topological polar surface area (TPSA) is 93.6 Å². The Morgan fingerprint density at radius 1 is 1.03 bits per heavy atom. The lowest BCUT2D eigenvalue weighted by molar-refractivity contribution is -0.127. The molecule has 1 fully saturated rings. The van der Waals surface area contributed by atoms with Crippen LogP contribution in [-0.2, 0) is 9.53 Å². The normalized spacial score (nSPS) is 14.1. The van der Waals surface area contributed by atoms with Crippen LogP contribution >= 0.6 is 11.8 Å². The van der Waals surface area contributed by atoms with E-state index in [2.05, 4.69) is 19.9 Å². The molecule has 2 aromatic rings. The molecule has 0 atom stereocenters. The number of hydrogen-bond donors (Lipinski definition) is 2. The first-order valence-corrected chi connectivity index (χ1v) is 11.5. The van der Waals surface area contributed by atoms with Crippen LogP contribution in [0, 0.1) is 0 Å². The standard InChI is InChI=1S/C24H29N3O5S/c1-17(2)19-6-4-5-7-21(19)33-22-10-8-18(16-20(22)27(30)31)9-11-23(28)25-12-14-26(15-13-25)24(29)32-3/h4-11,16-17,30-31H,12-15H2,1-3H3/b11-9+. The second-order valence-electron chi connectivity index (χ2n) is 7.93. The van der Waals surface area contributed by atoms with Gasteiger partial charge in [-0.05, 0) is 41.3 Å². The van der Waals surface area contributed by atoms with Crippen LogP contribution in [0.15, 0.2) is 58.3 Å². The quantitative estimate of drug-likeness (QED) is 0.474. The van der Waals surface area contributed by atoms with Crippen molar-refractivity contribution in [3.63, 3.8) is 0 Å². The van der Waals surface area contributed by atoms with Gasteiger partial charge in [0.05, 0.1) is 7.11 Å². The number of amides is 2. The Bertz CT molecular complexity index is 1020. The first-order valence-electron chi connectivity index (χ1n) is 10.7. The minimum absolute atomic E-state index is 0.103. The molecule has 9 heteroatoms. The molecule has 0 aromatic heterocycles. The van der Waals surface area contributed by atoms with E-state index in [-0.39, 0.29) is 16.8 Å². The van der Waals surface area contributed by atoms with Gasteiger partial charge in [-0.2, -0.15) is 0 Å². The van der Waals surface area contributed by atoms with Crippen LogP contribution in [0.2, 0.25) is 0 Å². The van der Waals surface area contributed by atoms with Crippen molar-refractivity contribution in [2.75, 3.05) is 38.5 Å². The first kappa shape index (κ1) is 24.6. The van der Waals surface area contributed by atoms with E-state index < -0.39 is 6.09 Å². The average Bonchev–Trinajstić information content (AvgIpc) is 2.82. The van der Waals surface area contributed by atoms with Gasteiger partial charge in [-0.3, -0.25) is 15.2 Å². The fourth-order valence-electron chi connectivity index (χ4n) is 3.56. The second-order valence-corrected chi connectivity index (χ2v) is 9.01. The molecular weight excluding hydrogens is 442 g/mol. The van der Waals surface area contributed by atoms with E-state index in [1.165, 1.54) is 30.5 Å². The molecular formula is C24H29N3O5S. The lowest BCUT2D eigenvalue weighted by Crippen LogP contribution is -2.50. The van der Waals surface area contributed by atoms with Crippen LogP contribution in [0.5, 0.6) is 0 Å². The van der Waals surface area contributed by atoms with Crippen molar-refractivity contribution < 1.29 is 24.7 Å². The highest BCUT2D eigenvalue weighted by atomic mass is 32.2. The molecule has 1 aliphatic heterocycles. The van der Waals surface area contributed by atoms with E-state index in [9.17, 15) is 20.0 Å². The molecule has 1 saturated heterocycles. The Balaban J connectivity index is 1.71. The number of anilines is 1. The lowest BCUT2D eigenvalue weighted by Gasteiger charge is -2.33. The fraction of sp³-hybridized carbons (Fsp3) is 0.333. The molecule has 3 rings (SSSR count). The largest absolute Gasteiger partial charge is 0.453 e. The molecule has 8 nitrogen and oxygen atoms in total. The number of carbonyl (C=O) groups is 2. The van der Waals surface area contributed by atoms with Crippen molar-refractivity contribution in [3.8, 4) is 0 Å². The maximum absolute atomic E-state index is 12.5. The van der Waals surface area contributed by atoms with Gasteiger partial charge in [0.25, 0.3) is 0 Å². The maximum atomic E-state index is 12.5. The molecule has 2 amide bonds. The molecule has 2 aromatic carbocycles. The molecule has 0 radical (unpaired) electrons. The highest BCUT2D eigenvalue weighted by Gasteiger charge is 2.23. The van der Waals surface area contributed by atoms with E-state index in [0.717, 1.165) is 4.90 Å². The summed E-state index contributed by atoms with van der Waals surface area (Å²) in [6.07, 6.45) is 2.70. The van der Waals surface area contributed by atoms with Crippen molar-refractivity contribution in [1.29, 1.82) is 0 Å². The van der Waals surface area contributed by atoms with Gasteiger partial charge in [-0.15, -0.1) is 5.23 Å². The SMILES string of the molecule is COC(=O)N1CCN(C(=O)/C=C/c2ccc(Sc3ccccc3C(C)C)c(N(O)O)c2)CC1. The molecule has 2 N–H and O–H groups in total. The number of methoxy groups -OCH3 is 1. The predicted molar refractivity (Wildman–Crippen MR) is 127 cm³/mol. The molecule has 1 heterocycles. The zero-order valence-electron chi connectivity index (χ0n) is 19.0. The van der Waals surface area contributed by atoms with Crippen LogP contribution in [0.3, 0.4) is 0 Å². The molecule has 0 unspecified atom stereocenters. The molecule has 0 spiro atoms. The van der Waals surface area contributed by atoms with Crippen LogP contribution in [0.1, 0.15) is 30.9 Å². The number of nitrogens with zero attached hydrogens (tertiary/aromatic N) is 3. The average molecular weight is 472 g/mol. The van der Waals surface area contributed by atoms with Crippen molar-refractivity contribution in [2.45, 2.75) is 29.6 Å². The van der Waals surface area contributed by atoms with Crippen LogP contribution in [0.25, 0.3) is 6.08 Å². The van der Waals surface area contributed by atoms with Crippen LogP contribution < -0.4 is 5.23 Å². The Morgan fingerprint density at radius 2 is 1.70 bits per heavy atom.